The Kier molecular flexibility index (Phi) is 7.75. The van der Waals surface area contributed by atoms with Crippen LogP contribution in [-0.2, 0) is 11.0 Å². The van der Waals surface area contributed by atoms with Gasteiger partial charge in [-0.05, 0) is 55.7 Å². The molecule has 0 radical (unpaired) electrons. The summed E-state index contributed by atoms with van der Waals surface area (Å²) in [5.74, 6) is -5.92. The number of nitrogens with one attached hydrogen (secondary N) is 1. The van der Waals surface area contributed by atoms with Crippen LogP contribution >= 0.6 is 34.8 Å². The van der Waals surface area contributed by atoms with Crippen molar-refractivity contribution in [1.82, 2.24) is 5.32 Å². The van der Waals surface area contributed by atoms with Gasteiger partial charge in [0.25, 0.3) is 5.91 Å². The van der Waals surface area contributed by atoms with Crippen LogP contribution in [0.15, 0.2) is 36.4 Å². The maximum atomic E-state index is 14.9. The molecule has 1 unspecified atom stereocenters. The molecule has 1 amide bonds. The average Bonchev–Trinajstić information content (AvgIpc) is 3.54. The second-order valence-corrected chi connectivity index (χ2v) is 9.38. The first-order valence-electron chi connectivity index (χ1n) is 10.1. The molecule has 1 fully saturated rings. The van der Waals surface area contributed by atoms with E-state index in [1.807, 2.05) is 0 Å². The number of carbonyl (C=O) groups is 2. The summed E-state index contributed by atoms with van der Waals surface area (Å²) in [4.78, 5) is 24.2. The Bertz CT molecular complexity index is 1230. The standard InChI is InChI=1S/C23H15Cl3F7NO2/c1-10(35)21(4-5-21)34-20(36)13-3-2-11(6-15(13)23(31,32)33)18(27)9-14(22(28,29)30)12-7-16(24)19(26)17(25)8-12/h2-3,6-9,14H,4-5H2,1H3,(H,34,36)/b18-9-. The van der Waals surface area contributed by atoms with Crippen LogP contribution in [0.4, 0.5) is 30.7 Å². The van der Waals surface area contributed by atoms with Gasteiger partial charge in [-0.15, -0.1) is 0 Å². The molecule has 36 heavy (non-hydrogen) atoms. The van der Waals surface area contributed by atoms with E-state index in [9.17, 15) is 40.3 Å². The van der Waals surface area contributed by atoms with Crippen molar-refractivity contribution in [2.24, 2.45) is 0 Å². The Morgan fingerprint density at radius 1 is 1.00 bits per heavy atom. The summed E-state index contributed by atoms with van der Waals surface area (Å²) in [6.45, 7) is 1.18. The van der Waals surface area contributed by atoms with Gasteiger partial charge in [-0.25, -0.2) is 4.39 Å². The minimum absolute atomic E-state index is 0.0695. The monoisotopic (exact) mass is 575 g/mol. The van der Waals surface area contributed by atoms with Gasteiger partial charge in [0.15, 0.2) is 5.78 Å². The molecule has 1 N–H and O–H groups in total. The van der Waals surface area contributed by atoms with Gasteiger partial charge >= 0.3 is 12.4 Å². The molecule has 2 aromatic carbocycles. The summed E-state index contributed by atoms with van der Waals surface area (Å²) in [6.07, 6.45) is -9.66. The normalized spacial score (nSPS) is 16.5. The lowest BCUT2D eigenvalue weighted by Gasteiger charge is -2.20. The van der Waals surface area contributed by atoms with Gasteiger partial charge in [-0.1, -0.05) is 40.9 Å². The van der Waals surface area contributed by atoms with Crippen LogP contribution in [0.1, 0.15) is 52.7 Å². The van der Waals surface area contributed by atoms with Crippen molar-refractivity contribution in [3.8, 4) is 0 Å². The minimum atomic E-state index is -5.16. The van der Waals surface area contributed by atoms with Gasteiger partial charge in [0.1, 0.15) is 11.7 Å². The van der Waals surface area contributed by atoms with E-state index in [0.29, 0.717) is 6.07 Å². The highest BCUT2D eigenvalue weighted by Crippen LogP contribution is 2.43. The number of alkyl halides is 6. The van der Waals surface area contributed by atoms with Crippen LogP contribution in [-0.4, -0.2) is 23.4 Å². The Morgan fingerprint density at radius 2 is 1.56 bits per heavy atom. The van der Waals surface area contributed by atoms with Gasteiger partial charge < -0.3 is 5.32 Å². The molecule has 0 spiro atoms. The third kappa shape index (κ3) is 5.98. The largest absolute Gasteiger partial charge is 0.417 e. The van der Waals surface area contributed by atoms with Crippen molar-refractivity contribution < 1.29 is 40.3 Å². The topological polar surface area (TPSA) is 46.2 Å². The molecule has 194 valence electrons. The lowest BCUT2D eigenvalue weighted by Crippen LogP contribution is -2.42. The summed E-state index contributed by atoms with van der Waals surface area (Å²) in [5, 5.41) is 1.35. The van der Waals surface area contributed by atoms with E-state index >= 15 is 0 Å². The van der Waals surface area contributed by atoms with Crippen LogP contribution in [0.3, 0.4) is 0 Å². The first kappa shape index (κ1) is 28.3. The number of ketones is 1. The molecule has 3 nitrogen and oxygen atoms in total. The molecule has 1 aliphatic rings. The molecule has 1 aliphatic carbocycles. The van der Waals surface area contributed by atoms with Gasteiger partial charge in [0.05, 0.1) is 31.7 Å². The highest BCUT2D eigenvalue weighted by molar-refractivity contribution is 6.48. The zero-order chi connectivity index (χ0) is 27.2. The molecule has 0 aliphatic heterocycles. The molecule has 13 heteroatoms. The molecular formula is C23H15Cl3F7NO2. The molecule has 0 aromatic heterocycles. The Balaban J connectivity index is 2.04. The maximum absolute atomic E-state index is 14.9. The van der Waals surface area contributed by atoms with Crippen molar-refractivity contribution >= 4 is 52.3 Å². The second kappa shape index (κ2) is 9.87. The highest BCUT2D eigenvalue weighted by Gasteiger charge is 2.49. The fraction of sp³-hybridized carbons (Fsp3) is 0.304. The van der Waals surface area contributed by atoms with E-state index in [-0.39, 0.29) is 40.1 Å². The van der Waals surface area contributed by atoms with Crippen molar-refractivity contribution in [2.45, 2.75) is 43.6 Å². The SMILES string of the molecule is CC(=O)C1(NC(=O)c2ccc(/C(F)=C/C(c3cc(Cl)c(Cl)c(Cl)c3)C(F)(F)F)cc2C(F)(F)F)CC1. The Morgan fingerprint density at radius 3 is 2.00 bits per heavy atom. The molecule has 0 bridgehead atoms. The van der Waals surface area contributed by atoms with Gasteiger partial charge in [0.2, 0.25) is 0 Å². The molecule has 3 rings (SSSR count). The van der Waals surface area contributed by atoms with Gasteiger partial charge in [-0.2, -0.15) is 26.3 Å². The Labute approximate surface area is 215 Å². The third-order valence-electron chi connectivity index (χ3n) is 5.65. The number of hydrogen-bond acceptors (Lipinski definition) is 2. The fourth-order valence-corrected chi connectivity index (χ4v) is 4.09. The summed E-state index contributed by atoms with van der Waals surface area (Å²) < 4.78 is 97.2. The van der Waals surface area contributed by atoms with Crippen molar-refractivity contribution in [2.75, 3.05) is 0 Å². The first-order chi connectivity index (χ1) is 16.5. The molecule has 0 saturated heterocycles. The summed E-state index contributed by atoms with van der Waals surface area (Å²) in [5.41, 5.74) is -5.20. The molecule has 0 heterocycles. The number of Topliss-reactive ketones (excluding diaryl/α,β-unsaturated/α-hetero) is 1. The van der Waals surface area contributed by atoms with Gasteiger partial charge in [0, 0.05) is 5.56 Å². The minimum Gasteiger partial charge on any atom is -0.340 e. The van der Waals surface area contributed by atoms with Crippen molar-refractivity contribution in [3.05, 3.63) is 73.7 Å². The fourth-order valence-electron chi connectivity index (χ4n) is 3.48. The lowest BCUT2D eigenvalue weighted by atomic mass is 9.95. The number of hydrogen-bond donors (Lipinski definition) is 1. The number of carbonyl (C=O) groups excluding carboxylic acids is 2. The van der Waals surface area contributed by atoms with E-state index in [1.54, 1.807) is 0 Å². The van der Waals surface area contributed by atoms with E-state index < -0.39 is 63.6 Å². The second-order valence-electron chi connectivity index (χ2n) is 8.18. The zero-order valence-electron chi connectivity index (χ0n) is 18.1. The predicted octanol–water partition coefficient (Wildman–Crippen LogP) is 8.17. The third-order valence-corrected chi connectivity index (χ3v) is 6.85. The number of halogens is 10. The van der Waals surface area contributed by atoms with Crippen LogP contribution in [0.25, 0.3) is 5.83 Å². The van der Waals surface area contributed by atoms with Crippen molar-refractivity contribution in [1.29, 1.82) is 0 Å². The molecular weight excluding hydrogens is 562 g/mol. The summed E-state index contributed by atoms with van der Waals surface area (Å²) in [7, 11) is 0. The average molecular weight is 577 g/mol. The number of rotatable bonds is 6. The zero-order valence-corrected chi connectivity index (χ0v) is 20.3. The van der Waals surface area contributed by atoms with Crippen LogP contribution in [0.5, 0.6) is 0 Å². The van der Waals surface area contributed by atoms with E-state index in [1.165, 1.54) is 6.92 Å². The summed E-state index contributed by atoms with van der Waals surface area (Å²) >= 11 is 17.3. The maximum Gasteiger partial charge on any atom is 0.417 e. The molecule has 1 atom stereocenters. The van der Waals surface area contributed by atoms with Gasteiger partial charge in [-0.3, -0.25) is 9.59 Å². The highest BCUT2D eigenvalue weighted by atomic mass is 35.5. The smallest absolute Gasteiger partial charge is 0.340 e. The van der Waals surface area contributed by atoms with E-state index in [4.69, 9.17) is 34.8 Å². The number of allylic oxidation sites excluding steroid dienone is 1. The number of benzene rings is 2. The van der Waals surface area contributed by atoms with Crippen LogP contribution in [0.2, 0.25) is 15.1 Å². The Hall–Kier alpha value is -2.30. The molecule has 2 aromatic rings. The first-order valence-corrected chi connectivity index (χ1v) is 11.2. The van der Waals surface area contributed by atoms with E-state index in [2.05, 4.69) is 5.32 Å². The lowest BCUT2D eigenvalue weighted by molar-refractivity contribution is -0.140. The van der Waals surface area contributed by atoms with Crippen LogP contribution < -0.4 is 5.32 Å². The number of amides is 1. The summed E-state index contributed by atoms with van der Waals surface area (Å²) in [6, 6.07) is 3.22. The predicted molar refractivity (Wildman–Crippen MR) is 121 cm³/mol. The quantitative estimate of drug-likeness (QED) is 0.279. The van der Waals surface area contributed by atoms with E-state index in [0.717, 1.165) is 18.2 Å². The molecule has 1 saturated carbocycles. The van der Waals surface area contributed by atoms with Crippen LogP contribution in [0, 0.1) is 0 Å². The van der Waals surface area contributed by atoms with Crippen molar-refractivity contribution in [3.63, 3.8) is 0 Å².